The van der Waals surface area contributed by atoms with Crippen molar-refractivity contribution in [3.8, 4) is 0 Å². The highest BCUT2D eigenvalue weighted by Crippen LogP contribution is 1.94. The Labute approximate surface area is 95.8 Å². The Balaban J connectivity index is 2.37. The van der Waals surface area contributed by atoms with Crippen LogP contribution in [0.4, 0.5) is 0 Å². The molecule has 92 valence electrons. The van der Waals surface area contributed by atoms with Crippen molar-refractivity contribution in [1.82, 2.24) is 20.9 Å². The maximum absolute atomic E-state index is 11.9. The van der Waals surface area contributed by atoms with Crippen molar-refractivity contribution < 1.29 is 9.59 Å². The number of carbonyl (C=O) groups is 2. The summed E-state index contributed by atoms with van der Waals surface area (Å²) in [5, 5.41) is 8.92. The molecule has 0 bridgehead atoms. The third-order valence-corrected chi connectivity index (χ3v) is 2.47. The van der Waals surface area contributed by atoms with Gasteiger partial charge in [-0.3, -0.25) is 9.59 Å². The van der Waals surface area contributed by atoms with Crippen LogP contribution >= 0.6 is 0 Å². The zero-order chi connectivity index (χ0) is 12.0. The largest absolute Gasteiger partial charge is 0.355 e. The van der Waals surface area contributed by atoms with E-state index in [0.717, 1.165) is 13.1 Å². The van der Waals surface area contributed by atoms with Gasteiger partial charge in [0.05, 0.1) is 12.6 Å². The fourth-order valence-electron chi connectivity index (χ4n) is 1.64. The van der Waals surface area contributed by atoms with Gasteiger partial charge in [0.2, 0.25) is 11.8 Å². The average molecular weight is 228 g/mol. The summed E-state index contributed by atoms with van der Waals surface area (Å²) in [6, 6.07) is -0.215. The highest BCUT2D eigenvalue weighted by atomic mass is 16.2. The molecule has 1 atom stereocenters. The molecule has 1 rings (SSSR count). The molecule has 0 aliphatic carbocycles. The number of nitrogens with zero attached hydrogens (tertiary/aromatic N) is 1. The smallest absolute Gasteiger partial charge is 0.241 e. The Hall–Kier alpha value is -1.14. The molecule has 0 spiro atoms. The summed E-state index contributed by atoms with van der Waals surface area (Å²) in [4.78, 5) is 24.6. The maximum atomic E-state index is 11.9. The quantitative estimate of drug-likeness (QED) is 0.528. The number of rotatable bonds is 4. The van der Waals surface area contributed by atoms with Crippen LogP contribution in [0.5, 0.6) is 0 Å². The molecule has 1 aliphatic rings. The van der Waals surface area contributed by atoms with Gasteiger partial charge in [0.1, 0.15) is 0 Å². The zero-order valence-corrected chi connectivity index (χ0v) is 9.88. The van der Waals surface area contributed by atoms with Gasteiger partial charge in [0.25, 0.3) is 0 Å². The van der Waals surface area contributed by atoms with E-state index in [2.05, 4.69) is 16.0 Å². The second-order valence-electron chi connectivity index (χ2n) is 3.86. The van der Waals surface area contributed by atoms with Crippen LogP contribution in [-0.2, 0) is 9.59 Å². The zero-order valence-electron chi connectivity index (χ0n) is 9.88. The maximum Gasteiger partial charge on any atom is 0.241 e. The SMILES string of the molecule is CCNC(=O)CN(C)C(=O)C1CNCCN1. The lowest BCUT2D eigenvalue weighted by atomic mass is 10.2. The number of carbonyl (C=O) groups excluding carboxylic acids is 2. The standard InChI is InChI=1S/C10H20N4O2/c1-3-12-9(15)7-14(2)10(16)8-6-11-4-5-13-8/h8,11,13H,3-7H2,1-2H3,(H,12,15). The number of hydrogen-bond donors (Lipinski definition) is 3. The molecular weight excluding hydrogens is 208 g/mol. The van der Waals surface area contributed by atoms with Crippen molar-refractivity contribution in [2.75, 3.05) is 39.8 Å². The minimum absolute atomic E-state index is 0.0431. The Morgan fingerprint density at radius 1 is 1.44 bits per heavy atom. The highest BCUT2D eigenvalue weighted by molar-refractivity contribution is 5.87. The van der Waals surface area contributed by atoms with E-state index in [9.17, 15) is 9.59 Å². The van der Waals surface area contributed by atoms with E-state index in [0.29, 0.717) is 13.1 Å². The van der Waals surface area contributed by atoms with E-state index >= 15 is 0 Å². The molecule has 1 aliphatic heterocycles. The molecule has 1 heterocycles. The van der Waals surface area contributed by atoms with Crippen molar-refractivity contribution in [2.24, 2.45) is 0 Å². The van der Waals surface area contributed by atoms with Crippen molar-refractivity contribution in [3.63, 3.8) is 0 Å². The Morgan fingerprint density at radius 2 is 2.19 bits per heavy atom. The molecule has 0 aromatic heterocycles. The van der Waals surface area contributed by atoms with Crippen molar-refractivity contribution in [2.45, 2.75) is 13.0 Å². The van der Waals surface area contributed by atoms with Gasteiger partial charge in [-0.2, -0.15) is 0 Å². The molecule has 16 heavy (non-hydrogen) atoms. The first-order valence-corrected chi connectivity index (χ1v) is 5.61. The molecule has 2 amide bonds. The van der Waals surface area contributed by atoms with E-state index in [-0.39, 0.29) is 24.4 Å². The van der Waals surface area contributed by atoms with Crippen LogP contribution in [-0.4, -0.2) is 62.5 Å². The van der Waals surface area contributed by atoms with Crippen molar-refractivity contribution in [3.05, 3.63) is 0 Å². The van der Waals surface area contributed by atoms with Crippen LogP contribution in [0.3, 0.4) is 0 Å². The van der Waals surface area contributed by atoms with Gasteiger partial charge in [-0.25, -0.2) is 0 Å². The van der Waals surface area contributed by atoms with Gasteiger partial charge >= 0.3 is 0 Å². The van der Waals surface area contributed by atoms with Crippen LogP contribution in [0.15, 0.2) is 0 Å². The van der Waals surface area contributed by atoms with Gasteiger partial charge in [-0.15, -0.1) is 0 Å². The Kier molecular flexibility index (Phi) is 5.21. The minimum Gasteiger partial charge on any atom is -0.355 e. The molecule has 1 fully saturated rings. The summed E-state index contributed by atoms with van der Waals surface area (Å²) >= 11 is 0. The second kappa shape index (κ2) is 6.44. The first-order chi connectivity index (χ1) is 7.65. The number of nitrogens with one attached hydrogen (secondary N) is 3. The van der Waals surface area contributed by atoms with Crippen molar-refractivity contribution in [1.29, 1.82) is 0 Å². The topological polar surface area (TPSA) is 73.5 Å². The molecule has 1 saturated heterocycles. The summed E-state index contributed by atoms with van der Waals surface area (Å²) in [5.74, 6) is -0.166. The molecule has 1 unspecified atom stereocenters. The van der Waals surface area contributed by atoms with Crippen molar-refractivity contribution >= 4 is 11.8 Å². The molecular formula is C10H20N4O2. The third kappa shape index (κ3) is 3.79. The minimum atomic E-state index is -0.215. The van der Waals surface area contributed by atoms with Gasteiger partial charge in [0, 0.05) is 33.2 Å². The molecule has 6 heteroatoms. The molecule has 0 aromatic carbocycles. The summed E-state index contributed by atoms with van der Waals surface area (Å²) in [7, 11) is 1.65. The monoisotopic (exact) mass is 228 g/mol. The molecule has 0 saturated carbocycles. The lowest BCUT2D eigenvalue weighted by Gasteiger charge is -2.27. The highest BCUT2D eigenvalue weighted by Gasteiger charge is 2.24. The first kappa shape index (κ1) is 12.9. The molecule has 0 aromatic rings. The van der Waals surface area contributed by atoms with E-state index in [1.165, 1.54) is 4.90 Å². The van der Waals surface area contributed by atoms with E-state index in [1.54, 1.807) is 7.05 Å². The van der Waals surface area contributed by atoms with Gasteiger partial charge < -0.3 is 20.9 Å². The Bertz CT molecular complexity index is 251. The predicted octanol–water partition coefficient (Wildman–Crippen LogP) is -1.86. The lowest BCUT2D eigenvalue weighted by Crippen LogP contribution is -2.56. The molecule has 0 radical (unpaired) electrons. The number of amides is 2. The van der Waals surface area contributed by atoms with Crippen LogP contribution in [0.1, 0.15) is 6.92 Å². The fourth-order valence-corrected chi connectivity index (χ4v) is 1.64. The lowest BCUT2D eigenvalue weighted by molar-refractivity contribution is -0.136. The number of likely N-dealkylation sites (N-methyl/N-ethyl adjacent to an activating group) is 2. The third-order valence-electron chi connectivity index (χ3n) is 2.47. The number of piperazine rings is 1. The summed E-state index contributed by atoms with van der Waals surface area (Å²) in [6.07, 6.45) is 0. The second-order valence-corrected chi connectivity index (χ2v) is 3.86. The summed E-state index contributed by atoms with van der Waals surface area (Å²) in [6.45, 7) is 4.84. The van der Waals surface area contributed by atoms with Gasteiger partial charge in [-0.05, 0) is 6.92 Å². The van der Waals surface area contributed by atoms with Crippen LogP contribution in [0.25, 0.3) is 0 Å². The normalized spacial score (nSPS) is 20.2. The molecule has 6 nitrogen and oxygen atoms in total. The fraction of sp³-hybridized carbons (Fsp3) is 0.800. The molecule has 3 N–H and O–H groups in total. The summed E-state index contributed by atoms with van der Waals surface area (Å²) in [5.41, 5.74) is 0. The van der Waals surface area contributed by atoms with E-state index in [1.807, 2.05) is 6.92 Å². The first-order valence-electron chi connectivity index (χ1n) is 5.61. The Morgan fingerprint density at radius 3 is 2.75 bits per heavy atom. The van der Waals surface area contributed by atoms with E-state index in [4.69, 9.17) is 0 Å². The van der Waals surface area contributed by atoms with Crippen LogP contribution in [0.2, 0.25) is 0 Å². The van der Waals surface area contributed by atoms with Crippen LogP contribution < -0.4 is 16.0 Å². The van der Waals surface area contributed by atoms with E-state index < -0.39 is 0 Å². The van der Waals surface area contributed by atoms with Crippen LogP contribution in [0, 0.1) is 0 Å². The van der Waals surface area contributed by atoms with Gasteiger partial charge in [-0.1, -0.05) is 0 Å². The predicted molar refractivity (Wildman–Crippen MR) is 61.0 cm³/mol. The number of hydrogen-bond acceptors (Lipinski definition) is 4. The van der Waals surface area contributed by atoms with Gasteiger partial charge in [0.15, 0.2) is 0 Å². The summed E-state index contributed by atoms with van der Waals surface area (Å²) < 4.78 is 0. The average Bonchev–Trinajstić information content (AvgIpc) is 2.29.